The third-order valence-electron chi connectivity index (χ3n) is 3.61. The van der Waals surface area contributed by atoms with Crippen molar-refractivity contribution in [3.05, 3.63) is 58.5 Å². The first-order valence-corrected chi connectivity index (χ1v) is 7.18. The molecule has 0 bridgehead atoms. The number of pyridine rings is 1. The molecular formula is C16H18N4O2. The van der Waals surface area contributed by atoms with Crippen molar-refractivity contribution in [3.8, 4) is 11.4 Å². The minimum absolute atomic E-state index is 0.186. The number of aromatic nitrogens is 3. The minimum atomic E-state index is -0.633. The molecule has 0 aliphatic heterocycles. The van der Waals surface area contributed by atoms with Crippen LogP contribution < -0.4 is 11.3 Å². The summed E-state index contributed by atoms with van der Waals surface area (Å²) in [6.45, 7) is 2.42. The third kappa shape index (κ3) is 2.43. The fraction of sp³-hybridized carbons (Fsp3) is 0.250. The number of rotatable bonds is 4. The summed E-state index contributed by atoms with van der Waals surface area (Å²) in [6, 6.07) is 10.9. The normalized spacial score (nSPS) is 12.7. The molecule has 1 unspecified atom stereocenters. The van der Waals surface area contributed by atoms with Gasteiger partial charge in [-0.05, 0) is 31.2 Å². The summed E-state index contributed by atoms with van der Waals surface area (Å²) in [5.41, 5.74) is 8.50. The number of aliphatic hydroxyl groups is 1. The lowest BCUT2D eigenvalue weighted by molar-refractivity contribution is 0.200. The molecule has 3 N–H and O–H groups in total. The highest BCUT2D eigenvalue weighted by Crippen LogP contribution is 2.30. The maximum atomic E-state index is 11.8. The summed E-state index contributed by atoms with van der Waals surface area (Å²) >= 11 is 0. The van der Waals surface area contributed by atoms with Crippen molar-refractivity contribution >= 4 is 5.52 Å². The SMILES string of the molecule is CC(O)c1cc2ccccn2c1-c1ccc(=O)n(CCN)n1. The van der Waals surface area contributed by atoms with E-state index in [0.717, 1.165) is 16.8 Å². The van der Waals surface area contributed by atoms with Gasteiger partial charge in [0.1, 0.15) is 5.69 Å². The molecule has 3 aromatic rings. The van der Waals surface area contributed by atoms with E-state index in [-0.39, 0.29) is 5.56 Å². The van der Waals surface area contributed by atoms with Gasteiger partial charge in [-0.3, -0.25) is 4.79 Å². The second-order valence-corrected chi connectivity index (χ2v) is 5.19. The van der Waals surface area contributed by atoms with Crippen LogP contribution in [0.3, 0.4) is 0 Å². The molecule has 3 rings (SSSR count). The van der Waals surface area contributed by atoms with Crippen molar-refractivity contribution in [2.24, 2.45) is 5.73 Å². The van der Waals surface area contributed by atoms with E-state index in [4.69, 9.17) is 5.73 Å². The van der Waals surface area contributed by atoms with Gasteiger partial charge in [-0.2, -0.15) is 5.10 Å². The number of fused-ring (bicyclic) bond motifs is 1. The van der Waals surface area contributed by atoms with Crippen LogP contribution in [-0.4, -0.2) is 25.8 Å². The molecule has 0 radical (unpaired) electrons. The van der Waals surface area contributed by atoms with Crippen molar-refractivity contribution in [1.82, 2.24) is 14.2 Å². The van der Waals surface area contributed by atoms with Crippen molar-refractivity contribution in [2.75, 3.05) is 6.54 Å². The molecule has 6 heteroatoms. The summed E-state index contributed by atoms with van der Waals surface area (Å²) in [6.07, 6.45) is 1.28. The average Bonchev–Trinajstić information content (AvgIpc) is 2.89. The molecular weight excluding hydrogens is 280 g/mol. The first-order valence-electron chi connectivity index (χ1n) is 7.18. The highest BCUT2D eigenvalue weighted by molar-refractivity contribution is 5.69. The monoisotopic (exact) mass is 298 g/mol. The lowest BCUT2D eigenvalue weighted by Crippen LogP contribution is -2.26. The molecule has 0 aromatic carbocycles. The lowest BCUT2D eigenvalue weighted by atomic mass is 10.1. The van der Waals surface area contributed by atoms with Crippen LogP contribution in [0.4, 0.5) is 0 Å². The van der Waals surface area contributed by atoms with Crippen LogP contribution in [0.2, 0.25) is 0 Å². The van der Waals surface area contributed by atoms with Crippen LogP contribution in [-0.2, 0) is 6.54 Å². The Morgan fingerprint density at radius 2 is 2.14 bits per heavy atom. The molecule has 0 saturated heterocycles. The number of nitrogens with two attached hydrogens (primary N) is 1. The Hall–Kier alpha value is -2.44. The number of hydrogen-bond donors (Lipinski definition) is 2. The number of hydrogen-bond acceptors (Lipinski definition) is 4. The zero-order valence-electron chi connectivity index (χ0n) is 12.3. The molecule has 3 aromatic heterocycles. The molecule has 114 valence electrons. The summed E-state index contributed by atoms with van der Waals surface area (Å²) in [4.78, 5) is 11.8. The van der Waals surface area contributed by atoms with Crippen LogP contribution >= 0.6 is 0 Å². The maximum absolute atomic E-state index is 11.8. The maximum Gasteiger partial charge on any atom is 0.266 e. The highest BCUT2D eigenvalue weighted by atomic mass is 16.3. The molecule has 0 saturated carbocycles. The van der Waals surface area contributed by atoms with E-state index < -0.39 is 6.10 Å². The van der Waals surface area contributed by atoms with Gasteiger partial charge in [0.15, 0.2) is 0 Å². The van der Waals surface area contributed by atoms with E-state index in [1.54, 1.807) is 13.0 Å². The summed E-state index contributed by atoms with van der Waals surface area (Å²) in [5.74, 6) is 0. The lowest BCUT2D eigenvalue weighted by Gasteiger charge is -2.10. The Bertz CT molecular complexity index is 864. The van der Waals surface area contributed by atoms with E-state index in [9.17, 15) is 9.90 Å². The Labute approximate surface area is 127 Å². The van der Waals surface area contributed by atoms with E-state index in [1.807, 2.05) is 34.9 Å². The van der Waals surface area contributed by atoms with Crippen LogP contribution in [0.25, 0.3) is 16.9 Å². The molecule has 0 fully saturated rings. The van der Waals surface area contributed by atoms with Gasteiger partial charge in [0, 0.05) is 29.9 Å². The largest absolute Gasteiger partial charge is 0.389 e. The molecule has 6 nitrogen and oxygen atoms in total. The predicted octanol–water partition coefficient (Wildman–Crippen LogP) is 1.17. The first kappa shape index (κ1) is 14.5. The highest BCUT2D eigenvalue weighted by Gasteiger charge is 2.17. The van der Waals surface area contributed by atoms with Gasteiger partial charge in [0.05, 0.1) is 18.3 Å². The molecule has 0 amide bonds. The van der Waals surface area contributed by atoms with Gasteiger partial charge in [0.25, 0.3) is 5.56 Å². The van der Waals surface area contributed by atoms with Crippen molar-refractivity contribution < 1.29 is 5.11 Å². The molecule has 0 spiro atoms. The Morgan fingerprint density at radius 1 is 1.32 bits per heavy atom. The fourth-order valence-electron chi connectivity index (χ4n) is 2.59. The second kappa shape index (κ2) is 5.75. The Kier molecular flexibility index (Phi) is 3.79. The smallest absolute Gasteiger partial charge is 0.266 e. The fourth-order valence-corrected chi connectivity index (χ4v) is 2.59. The van der Waals surface area contributed by atoms with Gasteiger partial charge in [-0.25, -0.2) is 4.68 Å². The van der Waals surface area contributed by atoms with E-state index >= 15 is 0 Å². The van der Waals surface area contributed by atoms with Crippen molar-refractivity contribution in [1.29, 1.82) is 0 Å². The van der Waals surface area contributed by atoms with Gasteiger partial charge in [-0.15, -0.1) is 0 Å². The standard InChI is InChI=1S/C16H18N4O2/c1-11(21)13-10-12-4-2-3-8-19(12)16(13)14-5-6-15(22)20(18-14)9-7-17/h2-6,8,10-11,21H,7,9,17H2,1H3. The van der Waals surface area contributed by atoms with Crippen LogP contribution in [0.1, 0.15) is 18.6 Å². The third-order valence-corrected chi connectivity index (χ3v) is 3.61. The van der Waals surface area contributed by atoms with Crippen LogP contribution in [0, 0.1) is 0 Å². The van der Waals surface area contributed by atoms with Crippen LogP contribution in [0.15, 0.2) is 47.4 Å². The summed E-state index contributed by atoms with van der Waals surface area (Å²) < 4.78 is 3.31. The summed E-state index contributed by atoms with van der Waals surface area (Å²) in [7, 11) is 0. The zero-order valence-corrected chi connectivity index (χ0v) is 12.3. The molecule has 0 aliphatic carbocycles. The molecule has 3 heterocycles. The van der Waals surface area contributed by atoms with Crippen molar-refractivity contribution in [2.45, 2.75) is 19.6 Å². The number of aliphatic hydroxyl groups excluding tert-OH is 1. The topological polar surface area (TPSA) is 85.5 Å². The average molecular weight is 298 g/mol. The van der Waals surface area contributed by atoms with Gasteiger partial charge in [-0.1, -0.05) is 6.07 Å². The van der Waals surface area contributed by atoms with Gasteiger partial charge < -0.3 is 15.2 Å². The Morgan fingerprint density at radius 3 is 2.86 bits per heavy atom. The second-order valence-electron chi connectivity index (χ2n) is 5.19. The van der Waals surface area contributed by atoms with E-state index in [0.29, 0.717) is 18.8 Å². The molecule has 0 aliphatic rings. The zero-order chi connectivity index (χ0) is 15.7. The van der Waals surface area contributed by atoms with Gasteiger partial charge >= 0.3 is 0 Å². The van der Waals surface area contributed by atoms with Crippen molar-refractivity contribution in [3.63, 3.8) is 0 Å². The first-order chi connectivity index (χ1) is 10.6. The summed E-state index contributed by atoms with van der Waals surface area (Å²) in [5, 5.41) is 14.5. The number of nitrogens with zero attached hydrogens (tertiary/aromatic N) is 3. The predicted molar refractivity (Wildman–Crippen MR) is 84.6 cm³/mol. The quantitative estimate of drug-likeness (QED) is 0.757. The van der Waals surface area contributed by atoms with E-state index in [2.05, 4.69) is 5.10 Å². The minimum Gasteiger partial charge on any atom is -0.389 e. The molecule has 22 heavy (non-hydrogen) atoms. The van der Waals surface area contributed by atoms with Crippen LogP contribution in [0.5, 0.6) is 0 Å². The molecule has 1 atom stereocenters. The van der Waals surface area contributed by atoms with E-state index in [1.165, 1.54) is 10.7 Å². The Balaban J connectivity index is 2.27. The van der Waals surface area contributed by atoms with Gasteiger partial charge in [0.2, 0.25) is 0 Å².